The van der Waals surface area contributed by atoms with Crippen LogP contribution < -0.4 is 5.32 Å². The highest BCUT2D eigenvalue weighted by Gasteiger charge is 2.14. The van der Waals surface area contributed by atoms with Gasteiger partial charge in [0.15, 0.2) is 0 Å². The van der Waals surface area contributed by atoms with Crippen molar-refractivity contribution in [1.82, 2.24) is 15.1 Å². The SMILES string of the molecule is CCc1nn(CC)c(CNC(C)Cc2cccs2)c1Br. The normalized spacial score (nSPS) is 12.8. The molecule has 110 valence electrons. The highest BCUT2D eigenvalue weighted by molar-refractivity contribution is 9.10. The van der Waals surface area contributed by atoms with Crippen molar-refractivity contribution in [2.75, 3.05) is 0 Å². The molecule has 20 heavy (non-hydrogen) atoms. The van der Waals surface area contributed by atoms with Gasteiger partial charge in [0.05, 0.1) is 15.9 Å². The van der Waals surface area contributed by atoms with Crippen LogP contribution in [0.4, 0.5) is 0 Å². The van der Waals surface area contributed by atoms with E-state index < -0.39 is 0 Å². The number of rotatable bonds is 7. The summed E-state index contributed by atoms with van der Waals surface area (Å²) in [4.78, 5) is 1.43. The van der Waals surface area contributed by atoms with Gasteiger partial charge in [0.1, 0.15) is 0 Å². The van der Waals surface area contributed by atoms with Crippen molar-refractivity contribution in [2.45, 2.75) is 52.7 Å². The predicted molar refractivity (Wildman–Crippen MR) is 89.3 cm³/mol. The maximum Gasteiger partial charge on any atom is 0.0767 e. The van der Waals surface area contributed by atoms with Crippen molar-refractivity contribution in [1.29, 1.82) is 0 Å². The second kappa shape index (κ2) is 7.38. The average Bonchev–Trinajstić information content (AvgIpc) is 3.04. The lowest BCUT2D eigenvalue weighted by atomic mass is 10.2. The first-order valence-corrected chi connectivity index (χ1v) is 8.82. The van der Waals surface area contributed by atoms with Crippen molar-refractivity contribution in [3.05, 3.63) is 38.3 Å². The predicted octanol–water partition coefficient (Wildman–Crippen LogP) is 4.01. The second-order valence-electron chi connectivity index (χ2n) is 4.94. The van der Waals surface area contributed by atoms with Crippen LogP contribution >= 0.6 is 27.3 Å². The zero-order valence-corrected chi connectivity index (χ0v) is 14.7. The van der Waals surface area contributed by atoms with Gasteiger partial charge in [0.25, 0.3) is 0 Å². The average molecular weight is 356 g/mol. The van der Waals surface area contributed by atoms with Gasteiger partial charge in [-0.25, -0.2) is 0 Å². The van der Waals surface area contributed by atoms with Gasteiger partial charge >= 0.3 is 0 Å². The minimum absolute atomic E-state index is 0.464. The van der Waals surface area contributed by atoms with E-state index in [0.29, 0.717) is 6.04 Å². The number of aryl methyl sites for hydroxylation is 2. The molecule has 1 N–H and O–H groups in total. The van der Waals surface area contributed by atoms with E-state index in [-0.39, 0.29) is 0 Å². The van der Waals surface area contributed by atoms with E-state index in [1.54, 1.807) is 0 Å². The van der Waals surface area contributed by atoms with Crippen LogP contribution in [-0.2, 0) is 25.9 Å². The quantitative estimate of drug-likeness (QED) is 0.812. The molecule has 1 unspecified atom stereocenters. The molecule has 0 aliphatic carbocycles. The van der Waals surface area contributed by atoms with Gasteiger partial charge in [-0.05, 0) is 54.1 Å². The minimum Gasteiger partial charge on any atom is -0.308 e. The van der Waals surface area contributed by atoms with Gasteiger partial charge in [0.2, 0.25) is 0 Å². The number of hydrogen-bond donors (Lipinski definition) is 1. The highest BCUT2D eigenvalue weighted by atomic mass is 79.9. The van der Waals surface area contributed by atoms with E-state index in [4.69, 9.17) is 0 Å². The summed E-state index contributed by atoms with van der Waals surface area (Å²) in [6.45, 7) is 8.28. The van der Waals surface area contributed by atoms with Gasteiger partial charge in [-0.3, -0.25) is 4.68 Å². The van der Waals surface area contributed by atoms with Crippen LogP contribution in [0.5, 0.6) is 0 Å². The molecule has 0 amide bonds. The fraction of sp³-hybridized carbons (Fsp3) is 0.533. The molecule has 3 nitrogen and oxygen atoms in total. The lowest BCUT2D eigenvalue weighted by Gasteiger charge is -2.14. The molecule has 0 saturated carbocycles. The molecule has 5 heteroatoms. The topological polar surface area (TPSA) is 29.9 Å². The van der Waals surface area contributed by atoms with E-state index >= 15 is 0 Å². The molecule has 0 radical (unpaired) electrons. The summed E-state index contributed by atoms with van der Waals surface area (Å²) in [5, 5.41) is 10.4. The van der Waals surface area contributed by atoms with Crippen LogP contribution in [0.25, 0.3) is 0 Å². The lowest BCUT2D eigenvalue weighted by molar-refractivity contribution is 0.514. The Labute approximate surface area is 133 Å². The van der Waals surface area contributed by atoms with Crippen molar-refractivity contribution < 1.29 is 0 Å². The van der Waals surface area contributed by atoms with Crippen LogP contribution in [0, 0.1) is 0 Å². The van der Waals surface area contributed by atoms with Crippen molar-refractivity contribution in [3.8, 4) is 0 Å². The van der Waals surface area contributed by atoms with Crippen molar-refractivity contribution >= 4 is 27.3 Å². The van der Waals surface area contributed by atoms with Gasteiger partial charge in [-0.1, -0.05) is 13.0 Å². The van der Waals surface area contributed by atoms with Crippen LogP contribution in [0.2, 0.25) is 0 Å². The Hall–Kier alpha value is -0.650. The van der Waals surface area contributed by atoms with E-state index in [2.05, 4.69) is 69.3 Å². The highest BCUT2D eigenvalue weighted by Crippen LogP contribution is 2.22. The zero-order chi connectivity index (χ0) is 14.5. The summed E-state index contributed by atoms with van der Waals surface area (Å²) < 4.78 is 3.26. The molecule has 2 aromatic heterocycles. The Morgan fingerprint density at radius 3 is 2.85 bits per heavy atom. The first-order valence-electron chi connectivity index (χ1n) is 7.15. The van der Waals surface area contributed by atoms with E-state index in [0.717, 1.165) is 36.1 Å². The third-order valence-electron chi connectivity index (χ3n) is 3.40. The largest absolute Gasteiger partial charge is 0.308 e. The lowest BCUT2D eigenvalue weighted by Crippen LogP contribution is -2.28. The molecule has 0 fully saturated rings. The molecule has 1 atom stereocenters. The summed E-state index contributed by atoms with van der Waals surface area (Å²) in [7, 11) is 0. The van der Waals surface area contributed by atoms with Gasteiger partial charge in [-0.2, -0.15) is 5.10 Å². The third-order valence-corrected chi connectivity index (χ3v) is 5.21. The molecule has 0 aromatic carbocycles. The molecular formula is C15H22BrN3S. The molecule has 0 aliphatic rings. The fourth-order valence-corrected chi connectivity index (χ4v) is 3.80. The van der Waals surface area contributed by atoms with Crippen molar-refractivity contribution in [3.63, 3.8) is 0 Å². The second-order valence-corrected chi connectivity index (χ2v) is 6.77. The standard InChI is InChI=1S/C15H22BrN3S/c1-4-13-15(16)14(19(5-2)18-13)10-17-11(3)9-12-7-6-8-20-12/h6-8,11,17H,4-5,9-10H2,1-3H3. The molecule has 2 aromatic rings. The number of halogens is 1. The molecule has 2 heterocycles. The number of nitrogens with zero attached hydrogens (tertiary/aromatic N) is 2. The smallest absolute Gasteiger partial charge is 0.0767 e. The zero-order valence-electron chi connectivity index (χ0n) is 12.3. The van der Waals surface area contributed by atoms with Crippen LogP contribution in [-0.4, -0.2) is 15.8 Å². The third kappa shape index (κ3) is 3.71. The van der Waals surface area contributed by atoms with Gasteiger partial charge in [-0.15, -0.1) is 11.3 Å². The van der Waals surface area contributed by atoms with E-state index in [1.807, 2.05) is 11.3 Å². The van der Waals surface area contributed by atoms with Crippen LogP contribution in [0.1, 0.15) is 37.0 Å². The van der Waals surface area contributed by atoms with E-state index in [9.17, 15) is 0 Å². The van der Waals surface area contributed by atoms with Crippen LogP contribution in [0.15, 0.2) is 22.0 Å². The maximum atomic E-state index is 4.63. The number of aromatic nitrogens is 2. The molecule has 0 spiro atoms. The summed E-state index contributed by atoms with van der Waals surface area (Å²) >= 11 is 5.52. The number of thiophene rings is 1. The maximum absolute atomic E-state index is 4.63. The first kappa shape index (κ1) is 15.7. The number of hydrogen-bond acceptors (Lipinski definition) is 3. The summed E-state index contributed by atoms with van der Waals surface area (Å²) in [5.41, 5.74) is 2.40. The molecule has 0 bridgehead atoms. The Balaban J connectivity index is 1.97. The van der Waals surface area contributed by atoms with Gasteiger partial charge < -0.3 is 5.32 Å². The fourth-order valence-electron chi connectivity index (χ4n) is 2.26. The Morgan fingerprint density at radius 1 is 1.45 bits per heavy atom. The Kier molecular flexibility index (Phi) is 5.81. The molecule has 2 rings (SSSR count). The Morgan fingerprint density at radius 2 is 2.25 bits per heavy atom. The first-order chi connectivity index (χ1) is 9.65. The summed E-state index contributed by atoms with van der Waals surface area (Å²) in [6, 6.07) is 4.78. The minimum atomic E-state index is 0.464. The summed E-state index contributed by atoms with van der Waals surface area (Å²) in [5.74, 6) is 0. The van der Waals surface area contributed by atoms with Crippen LogP contribution in [0.3, 0.4) is 0 Å². The number of nitrogens with one attached hydrogen (secondary N) is 1. The summed E-state index contributed by atoms with van der Waals surface area (Å²) in [6.07, 6.45) is 2.04. The monoisotopic (exact) mass is 355 g/mol. The molecule has 0 aliphatic heterocycles. The van der Waals surface area contributed by atoms with E-state index in [1.165, 1.54) is 10.6 Å². The molecular weight excluding hydrogens is 334 g/mol. The van der Waals surface area contributed by atoms with Crippen molar-refractivity contribution in [2.24, 2.45) is 0 Å². The molecule has 0 saturated heterocycles. The van der Waals surface area contributed by atoms with Gasteiger partial charge in [0, 0.05) is 24.0 Å². The Bertz CT molecular complexity index is 534.